The Labute approximate surface area is 136 Å². The van der Waals surface area contributed by atoms with Gasteiger partial charge in [-0.1, -0.05) is 18.5 Å². The molecule has 0 spiro atoms. The lowest BCUT2D eigenvalue weighted by Crippen LogP contribution is -2.34. The van der Waals surface area contributed by atoms with Crippen molar-refractivity contribution < 1.29 is 17.9 Å². The van der Waals surface area contributed by atoms with Gasteiger partial charge in [0.05, 0.1) is 22.2 Å². The van der Waals surface area contributed by atoms with E-state index in [9.17, 15) is 13.2 Å². The van der Waals surface area contributed by atoms with E-state index in [0.29, 0.717) is 25.3 Å². The van der Waals surface area contributed by atoms with Gasteiger partial charge in [0.15, 0.2) is 0 Å². The Bertz CT molecular complexity index is 619. The number of ether oxygens (including phenoxy) is 1. The van der Waals surface area contributed by atoms with Crippen LogP contribution in [0.4, 0.5) is 5.69 Å². The highest BCUT2D eigenvalue weighted by Gasteiger charge is 2.24. The highest BCUT2D eigenvalue weighted by molar-refractivity contribution is 7.89. The van der Waals surface area contributed by atoms with E-state index in [-0.39, 0.29) is 22.4 Å². The number of methoxy groups -OCH3 is 1. The molecule has 1 amide bonds. The molecule has 1 N–H and O–H groups in total. The quantitative estimate of drug-likeness (QED) is 0.782. The summed E-state index contributed by atoms with van der Waals surface area (Å²) in [5.41, 5.74) is 0.382. The van der Waals surface area contributed by atoms with Crippen LogP contribution in [0.1, 0.15) is 20.3 Å². The van der Waals surface area contributed by atoms with E-state index in [1.54, 1.807) is 0 Å². The number of halogens is 1. The van der Waals surface area contributed by atoms with Crippen LogP contribution in [0.25, 0.3) is 0 Å². The Morgan fingerprint density at radius 2 is 2.05 bits per heavy atom. The maximum atomic E-state index is 12.6. The molecule has 0 aliphatic heterocycles. The lowest BCUT2D eigenvalue weighted by Gasteiger charge is -2.21. The van der Waals surface area contributed by atoms with Gasteiger partial charge in [0.1, 0.15) is 0 Å². The molecule has 0 heterocycles. The number of anilines is 1. The second-order valence-corrected chi connectivity index (χ2v) is 7.06. The molecule has 0 radical (unpaired) electrons. The van der Waals surface area contributed by atoms with Crippen LogP contribution in [0, 0.1) is 0 Å². The van der Waals surface area contributed by atoms with E-state index in [4.69, 9.17) is 16.3 Å². The van der Waals surface area contributed by atoms with Crippen molar-refractivity contribution in [3.63, 3.8) is 0 Å². The van der Waals surface area contributed by atoms with Gasteiger partial charge in [-0.25, -0.2) is 8.42 Å². The van der Waals surface area contributed by atoms with E-state index in [1.165, 1.54) is 36.5 Å². The first-order valence-electron chi connectivity index (χ1n) is 6.89. The van der Waals surface area contributed by atoms with E-state index in [2.05, 4.69) is 5.32 Å². The van der Waals surface area contributed by atoms with Gasteiger partial charge in [-0.2, -0.15) is 4.31 Å². The van der Waals surface area contributed by atoms with E-state index in [1.807, 2.05) is 6.92 Å². The summed E-state index contributed by atoms with van der Waals surface area (Å²) in [6, 6.07) is 4.26. The molecular formula is C14H21ClN2O4S. The summed E-state index contributed by atoms with van der Waals surface area (Å²) >= 11 is 6.04. The Balaban J connectivity index is 3.09. The Kier molecular flexibility index (Phi) is 7.28. The molecule has 0 saturated carbocycles. The van der Waals surface area contributed by atoms with Gasteiger partial charge in [0.25, 0.3) is 0 Å². The molecule has 0 saturated heterocycles. The zero-order chi connectivity index (χ0) is 16.8. The minimum absolute atomic E-state index is 0.0937. The third-order valence-electron chi connectivity index (χ3n) is 2.91. The summed E-state index contributed by atoms with van der Waals surface area (Å²) in [5.74, 6) is -0.273. The predicted octanol–water partition coefficient (Wildman–Crippen LogP) is 2.35. The number of carbonyl (C=O) groups is 1. The van der Waals surface area contributed by atoms with Crippen molar-refractivity contribution in [2.45, 2.75) is 25.2 Å². The summed E-state index contributed by atoms with van der Waals surface area (Å²) in [4.78, 5) is 11.1. The fraction of sp³-hybridized carbons (Fsp3) is 0.500. The molecule has 1 rings (SSSR count). The Morgan fingerprint density at radius 1 is 1.36 bits per heavy atom. The van der Waals surface area contributed by atoms with Gasteiger partial charge in [0, 0.05) is 27.1 Å². The number of nitrogens with one attached hydrogen (secondary N) is 1. The first-order valence-corrected chi connectivity index (χ1v) is 8.71. The average molecular weight is 349 g/mol. The van der Waals surface area contributed by atoms with Crippen LogP contribution in [0.2, 0.25) is 5.02 Å². The molecule has 0 fully saturated rings. The van der Waals surface area contributed by atoms with Crippen molar-refractivity contribution in [3.8, 4) is 0 Å². The summed E-state index contributed by atoms with van der Waals surface area (Å²) < 4.78 is 31.6. The molecule has 1 aromatic rings. The Hall–Kier alpha value is -1.15. The maximum Gasteiger partial charge on any atom is 0.243 e. The van der Waals surface area contributed by atoms with Gasteiger partial charge in [0.2, 0.25) is 15.9 Å². The van der Waals surface area contributed by atoms with Crippen molar-refractivity contribution in [1.29, 1.82) is 0 Å². The number of hydrogen-bond donors (Lipinski definition) is 1. The third-order valence-corrected chi connectivity index (χ3v) is 5.11. The molecule has 0 aliphatic rings. The number of hydrogen-bond acceptors (Lipinski definition) is 4. The molecular weight excluding hydrogens is 328 g/mol. The van der Waals surface area contributed by atoms with Gasteiger partial charge in [-0.15, -0.1) is 0 Å². The molecule has 1 aromatic carbocycles. The van der Waals surface area contributed by atoms with Crippen LogP contribution in [-0.4, -0.2) is 45.4 Å². The van der Waals surface area contributed by atoms with E-state index in [0.717, 1.165) is 0 Å². The minimum atomic E-state index is -3.65. The molecule has 0 aliphatic carbocycles. The van der Waals surface area contributed by atoms with E-state index >= 15 is 0 Å². The first-order chi connectivity index (χ1) is 10.3. The van der Waals surface area contributed by atoms with Gasteiger partial charge in [-0.05, 0) is 24.6 Å². The summed E-state index contributed by atoms with van der Waals surface area (Å²) in [7, 11) is -2.12. The molecule has 0 aromatic heterocycles. The number of amides is 1. The van der Waals surface area contributed by atoms with Crippen LogP contribution in [0.3, 0.4) is 0 Å². The summed E-state index contributed by atoms with van der Waals surface area (Å²) in [6.07, 6.45) is 0.695. The van der Waals surface area contributed by atoms with Crippen LogP contribution in [0.15, 0.2) is 23.1 Å². The largest absolute Gasteiger partial charge is 0.383 e. The smallest absolute Gasteiger partial charge is 0.243 e. The number of benzene rings is 1. The zero-order valence-corrected chi connectivity index (χ0v) is 14.5. The highest BCUT2D eigenvalue weighted by atomic mass is 35.5. The fourth-order valence-electron chi connectivity index (χ4n) is 1.89. The second-order valence-electron chi connectivity index (χ2n) is 4.72. The standard InChI is InChI=1S/C14H21ClN2O4S/c1-4-7-17(8-9-21-3)22(19,20)12-5-6-14(13(15)10-12)16-11(2)18/h5-6,10H,4,7-9H2,1-3H3,(H,16,18). The molecule has 0 unspecified atom stereocenters. The third kappa shape index (κ3) is 4.95. The van der Waals surface area contributed by atoms with Crippen molar-refractivity contribution in [2.75, 3.05) is 32.1 Å². The van der Waals surface area contributed by atoms with Crippen molar-refractivity contribution in [2.24, 2.45) is 0 Å². The minimum Gasteiger partial charge on any atom is -0.383 e. The van der Waals surface area contributed by atoms with Gasteiger partial charge >= 0.3 is 0 Å². The topological polar surface area (TPSA) is 75.7 Å². The SMILES string of the molecule is CCCN(CCOC)S(=O)(=O)c1ccc(NC(C)=O)c(Cl)c1. The number of carbonyl (C=O) groups excluding carboxylic acids is 1. The maximum absolute atomic E-state index is 12.6. The normalized spacial score (nSPS) is 11.7. The second kappa shape index (κ2) is 8.47. The highest BCUT2D eigenvalue weighted by Crippen LogP contribution is 2.27. The fourth-order valence-corrected chi connectivity index (χ4v) is 3.73. The van der Waals surface area contributed by atoms with Crippen LogP contribution >= 0.6 is 11.6 Å². The molecule has 8 heteroatoms. The van der Waals surface area contributed by atoms with Crippen molar-refractivity contribution in [1.82, 2.24) is 4.31 Å². The monoisotopic (exact) mass is 348 g/mol. The number of nitrogens with zero attached hydrogens (tertiary/aromatic N) is 1. The molecule has 0 atom stereocenters. The Morgan fingerprint density at radius 3 is 2.55 bits per heavy atom. The number of sulfonamides is 1. The zero-order valence-electron chi connectivity index (χ0n) is 12.9. The summed E-state index contributed by atoms with van der Waals surface area (Å²) in [6.45, 7) is 4.25. The van der Waals surface area contributed by atoms with Gasteiger partial charge in [-0.3, -0.25) is 4.79 Å². The molecule has 6 nitrogen and oxygen atoms in total. The van der Waals surface area contributed by atoms with E-state index < -0.39 is 10.0 Å². The lowest BCUT2D eigenvalue weighted by atomic mass is 10.3. The van der Waals surface area contributed by atoms with Crippen LogP contribution in [0.5, 0.6) is 0 Å². The van der Waals surface area contributed by atoms with Crippen molar-refractivity contribution in [3.05, 3.63) is 23.2 Å². The molecule has 124 valence electrons. The lowest BCUT2D eigenvalue weighted by molar-refractivity contribution is -0.114. The molecule has 0 bridgehead atoms. The average Bonchev–Trinajstić information content (AvgIpc) is 2.44. The summed E-state index contributed by atoms with van der Waals surface area (Å²) in [5, 5.41) is 2.72. The van der Waals surface area contributed by atoms with Crippen molar-refractivity contribution >= 4 is 33.2 Å². The van der Waals surface area contributed by atoms with Crippen LogP contribution < -0.4 is 5.32 Å². The van der Waals surface area contributed by atoms with Gasteiger partial charge < -0.3 is 10.1 Å². The molecule has 22 heavy (non-hydrogen) atoms. The predicted molar refractivity (Wildman–Crippen MR) is 86.7 cm³/mol. The first kappa shape index (κ1) is 18.9. The van der Waals surface area contributed by atoms with Crippen LogP contribution in [-0.2, 0) is 19.6 Å². The number of rotatable bonds is 8.